The molecule has 1 aromatic heterocycles. The third-order valence-corrected chi connectivity index (χ3v) is 4.61. The fraction of sp³-hybridized carbons (Fsp3) is 0.158. The SMILES string of the molecule is CCOc1ccc(Nc2nc(N)c(C(=O)c3ccc(OC)cc3)s2)cc1. The molecule has 134 valence electrons. The first-order chi connectivity index (χ1) is 12.6. The van der Waals surface area contributed by atoms with Crippen LogP contribution in [0.3, 0.4) is 0 Å². The van der Waals surface area contributed by atoms with E-state index >= 15 is 0 Å². The van der Waals surface area contributed by atoms with Crippen LogP contribution in [-0.2, 0) is 0 Å². The molecular formula is C19H19N3O3S. The van der Waals surface area contributed by atoms with E-state index in [1.807, 2.05) is 31.2 Å². The van der Waals surface area contributed by atoms with Crippen LogP contribution in [0.25, 0.3) is 0 Å². The van der Waals surface area contributed by atoms with Gasteiger partial charge in [-0.05, 0) is 55.5 Å². The Kier molecular flexibility index (Phi) is 5.38. The number of nitrogen functional groups attached to an aromatic ring is 1. The van der Waals surface area contributed by atoms with Gasteiger partial charge in [0.25, 0.3) is 0 Å². The Morgan fingerprint density at radius 3 is 2.38 bits per heavy atom. The standard InChI is InChI=1S/C19H19N3O3S/c1-3-25-15-10-6-13(7-11-15)21-19-22-18(20)17(26-19)16(23)12-4-8-14(24-2)9-5-12/h4-11H,3,20H2,1-2H3,(H,21,22). The van der Waals surface area contributed by atoms with Gasteiger partial charge in [-0.25, -0.2) is 4.98 Å². The third kappa shape index (κ3) is 3.94. The van der Waals surface area contributed by atoms with Gasteiger partial charge in [0.2, 0.25) is 5.78 Å². The van der Waals surface area contributed by atoms with Crippen molar-refractivity contribution >= 4 is 33.8 Å². The van der Waals surface area contributed by atoms with E-state index in [1.54, 1.807) is 31.4 Å². The minimum Gasteiger partial charge on any atom is -0.497 e. The summed E-state index contributed by atoms with van der Waals surface area (Å²) in [6.07, 6.45) is 0. The maximum Gasteiger partial charge on any atom is 0.206 e. The smallest absolute Gasteiger partial charge is 0.206 e. The number of ether oxygens (including phenoxy) is 2. The Balaban J connectivity index is 1.76. The molecule has 0 radical (unpaired) electrons. The van der Waals surface area contributed by atoms with Gasteiger partial charge in [-0.15, -0.1) is 0 Å². The number of carbonyl (C=O) groups excluding carboxylic acids is 1. The monoisotopic (exact) mass is 369 g/mol. The van der Waals surface area contributed by atoms with Crippen LogP contribution >= 0.6 is 11.3 Å². The van der Waals surface area contributed by atoms with Crippen LogP contribution < -0.4 is 20.5 Å². The highest BCUT2D eigenvalue weighted by atomic mass is 32.1. The van der Waals surface area contributed by atoms with Crippen LogP contribution in [0, 0.1) is 0 Å². The largest absolute Gasteiger partial charge is 0.497 e. The van der Waals surface area contributed by atoms with Crippen LogP contribution in [-0.4, -0.2) is 24.5 Å². The van der Waals surface area contributed by atoms with Gasteiger partial charge in [0.1, 0.15) is 22.2 Å². The Morgan fingerprint density at radius 2 is 1.77 bits per heavy atom. The fourth-order valence-electron chi connectivity index (χ4n) is 2.35. The first kappa shape index (κ1) is 17.8. The van der Waals surface area contributed by atoms with E-state index in [9.17, 15) is 4.79 Å². The summed E-state index contributed by atoms with van der Waals surface area (Å²) in [5.74, 6) is 1.54. The third-order valence-electron chi connectivity index (χ3n) is 3.63. The molecule has 0 bridgehead atoms. The van der Waals surface area contributed by atoms with E-state index < -0.39 is 0 Å². The number of benzene rings is 2. The van der Waals surface area contributed by atoms with Crippen LogP contribution in [0.4, 0.5) is 16.6 Å². The first-order valence-electron chi connectivity index (χ1n) is 8.05. The van der Waals surface area contributed by atoms with E-state index in [0.717, 1.165) is 11.4 Å². The molecule has 0 aliphatic rings. The molecule has 0 aliphatic carbocycles. The zero-order valence-electron chi connectivity index (χ0n) is 14.5. The predicted octanol–water partition coefficient (Wildman–Crippen LogP) is 4.11. The highest BCUT2D eigenvalue weighted by molar-refractivity contribution is 7.18. The van der Waals surface area contributed by atoms with Gasteiger partial charge in [-0.1, -0.05) is 11.3 Å². The number of thiazole rings is 1. The normalized spacial score (nSPS) is 10.4. The molecular weight excluding hydrogens is 350 g/mol. The highest BCUT2D eigenvalue weighted by Gasteiger charge is 2.18. The molecule has 2 aromatic carbocycles. The zero-order valence-corrected chi connectivity index (χ0v) is 15.3. The number of aromatic nitrogens is 1. The molecule has 0 atom stereocenters. The second-order valence-electron chi connectivity index (χ2n) is 5.37. The Bertz CT molecular complexity index is 889. The number of nitrogens with zero attached hydrogens (tertiary/aromatic N) is 1. The molecule has 0 saturated carbocycles. The number of nitrogens with one attached hydrogen (secondary N) is 1. The van der Waals surface area contributed by atoms with E-state index in [1.165, 1.54) is 11.3 Å². The average Bonchev–Trinajstić information content (AvgIpc) is 3.03. The molecule has 3 N–H and O–H groups in total. The number of anilines is 3. The van der Waals surface area contributed by atoms with Crippen LogP contribution in [0.15, 0.2) is 48.5 Å². The quantitative estimate of drug-likeness (QED) is 0.610. The zero-order chi connectivity index (χ0) is 18.5. The summed E-state index contributed by atoms with van der Waals surface area (Å²) in [4.78, 5) is 17.3. The topological polar surface area (TPSA) is 86.5 Å². The lowest BCUT2D eigenvalue weighted by Gasteiger charge is -2.05. The predicted molar refractivity (Wildman–Crippen MR) is 104 cm³/mol. The van der Waals surface area contributed by atoms with Crippen molar-refractivity contribution in [1.29, 1.82) is 0 Å². The minimum atomic E-state index is -0.164. The molecule has 7 heteroatoms. The summed E-state index contributed by atoms with van der Waals surface area (Å²) in [7, 11) is 1.58. The van der Waals surface area contributed by atoms with E-state index in [4.69, 9.17) is 15.2 Å². The second kappa shape index (κ2) is 7.88. The maximum absolute atomic E-state index is 12.7. The number of nitrogens with two attached hydrogens (primary N) is 1. The number of hydrogen-bond acceptors (Lipinski definition) is 7. The van der Waals surface area contributed by atoms with Crippen molar-refractivity contribution in [2.45, 2.75) is 6.92 Å². The summed E-state index contributed by atoms with van der Waals surface area (Å²) in [5.41, 5.74) is 7.32. The lowest BCUT2D eigenvalue weighted by atomic mass is 10.1. The van der Waals surface area contributed by atoms with E-state index in [2.05, 4.69) is 10.3 Å². The lowest BCUT2D eigenvalue weighted by Crippen LogP contribution is -2.02. The minimum absolute atomic E-state index is 0.164. The van der Waals surface area contributed by atoms with Crippen LogP contribution in [0.2, 0.25) is 0 Å². The van der Waals surface area contributed by atoms with Crippen molar-refractivity contribution < 1.29 is 14.3 Å². The number of hydrogen-bond donors (Lipinski definition) is 2. The molecule has 6 nitrogen and oxygen atoms in total. The second-order valence-corrected chi connectivity index (χ2v) is 6.37. The van der Waals surface area contributed by atoms with Gasteiger partial charge in [0.05, 0.1) is 13.7 Å². The number of carbonyl (C=O) groups is 1. The summed E-state index contributed by atoms with van der Waals surface area (Å²) < 4.78 is 10.5. The number of ketones is 1. The van der Waals surface area contributed by atoms with Crippen molar-refractivity contribution in [2.24, 2.45) is 0 Å². The number of rotatable bonds is 7. The Labute approximate surface area is 155 Å². The summed E-state index contributed by atoms with van der Waals surface area (Å²) >= 11 is 1.22. The van der Waals surface area contributed by atoms with Crippen LogP contribution in [0.1, 0.15) is 22.2 Å². The van der Waals surface area contributed by atoms with Crippen molar-refractivity contribution in [1.82, 2.24) is 4.98 Å². The van der Waals surface area contributed by atoms with Crippen LogP contribution in [0.5, 0.6) is 11.5 Å². The average molecular weight is 369 g/mol. The van der Waals surface area contributed by atoms with Gasteiger partial charge in [-0.2, -0.15) is 0 Å². The van der Waals surface area contributed by atoms with E-state index in [-0.39, 0.29) is 11.6 Å². The van der Waals surface area contributed by atoms with Gasteiger partial charge in [0.15, 0.2) is 5.13 Å². The molecule has 3 rings (SSSR count). The van der Waals surface area contributed by atoms with Gasteiger partial charge < -0.3 is 20.5 Å². The molecule has 1 heterocycles. The molecule has 0 saturated heterocycles. The Hall–Kier alpha value is -3.06. The molecule has 0 aliphatic heterocycles. The van der Waals surface area contributed by atoms with Crippen molar-refractivity contribution in [3.05, 3.63) is 59.0 Å². The summed E-state index contributed by atoms with van der Waals surface area (Å²) in [5, 5.41) is 3.72. The Morgan fingerprint density at radius 1 is 1.12 bits per heavy atom. The molecule has 26 heavy (non-hydrogen) atoms. The van der Waals surface area contributed by atoms with Gasteiger partial charge in [0, 0.05) is 11.3 Å². The number of methoxy groups -OCH3 is 1. The molecule has 3 aromatic rings. The molecule has 0 amide bonds. The lowest BCUT2D eigenvalue weighted by molar-refractivity contribution is 0.104. The van der Waals surface area contributed by atoms with Crippen molar-refractivity contribution in [2.75, 3.05) is 24.8 Å². The molecule has 0 spiro atoms. The van der Waals surface area contributed by atoms with E-state index in [0.29, 0.717) is 27.9 Å². The molecule has 0 fully saturated rings. The summed E-state index contributed by atoms with van der Waals surface area (Å²) in [6.45, 7) is 2.55. The van der Waals surface area contributed by atoms with Gasteiger partial charge in [-0.3, -0.25) is 4.79 Å². The van der Waals surface area contributed by atoms with Gasteiger partial charge >= 0.3 is 0 Å². The first-order valence-corrected chi connectivity index (χ1v) is 8.87. The maximum atomic E-state index is 12.7. The fourth-order valence-corrected chi connectivity index (χ4v) is 3.21. The highest BCUT2D eigenvalue weighted by Crippen LogP contribution is 2.30. The van der Waals surface area contributed by atoms with Crippen molar-refractivity contribution in [3.8, 4) is 11.5 Å². The molecule has 0 unspecified atom stereocenters. The van der Waals surface area contributed by atoms with Crippen molar-refractivity contribution in [3.63, 3.8) is 0 Å². The summed E-state index contributed by atoms with van der Waals surface area (Å²) in [6, 6.07) is 14.4.